The van der Waals surface area contributed by atoms with Gasteiger partial charge < -0.3 is 15.4 Å². The first-order chi connectivity index (χ1) is 12.2. The van der Waals surface area contributed by atoms with E-state index >= 15 is 0 Å². The molecule has 2 aromatic rings. The first kappa shape index (κ1) is 19.5. The van der Waals surface area contributed by atoms with Gasteiger partial charge in [-0.15, -0.1) is 0 Å². The standard InChI is InChI=1S/C21H26N2O3/c1-14(2)26-18-12-10-17(11-13-18)23-20(25)21(4,5)19(24)22-16-8-6-15(3)7-9-16/h6-14H,1-5H3,(H,22,24)(H,23,25). The van der Waals surface area contributed by atoms with Crippen molar-refractivity contribution in [1.29, 1.82) is 0 Å². The zero-order valence-corrected chi connectivity index (χ0v) is 15.9. The normalized spacial score (nSPS) is 11.2. The average Bonchev–Trinajstić information content (AvgIpc) is 2.58. The van der Waals surface area contributed by atoms with E-state index in [1.54, 1.807) is 38.1 Å². The second-order valence-electron chi connectivity index (χ2n) is 7.09. The number of hydrogen-bond acceptors (Lipinski definition) is 3. The lowest BCUT2D eigenvalue weighted by Gasteiger charge is -2.23. The molecule has 2 amide bonds. The molecule has 26 heavy (non-hydrogen) atoms. The van der Waals surface area contributed by atoms with Crippen LogP contribution in [0.2, 0.25) is 0 Å². The van der Waals surface area contributed by atoms with Gasteiger partial charge in [0.1, 0.15) is 11.2 Å². The van der Waals surface area contributed by atoms with Gasteiger partial charge in [-0.1, -0.05) is 17.7 Å². The molecule has 0 unspecified atom stereocenters. The quantitative estimate of drug-likeness (QED) is 0.756. The highest BCUT2D eigenvalue weighted by molar-refractivity contribution is 6.13. The van der Waals surface area contributed by atoms with Crippen molar-refractivity contribution in [3.05, 3.63) is 54.1 Å². The molecular formula is C21H26N2O3. The fourth-order valence-corrected chi connectivity index (χ4v) is 2.20. The van der Waals surface area contributed by atoms with Crippen molar-refractivity contribution in [3.63, 3.8) is 0 Å². The van der Waals surface area contributed by atoms with Gasteiger partial charge in [-0.3, -0.25) is 9.59 Å². The Kier molecular flexibility index (Phi) is 6.03. The largest absolute Gasteiger partial charge is 0.491 e. The maximum atomic E-state index is 12.6. The smallest absolute Gasteiger partial charge is 0.239 e. The Morgan fingerprint density at radius 2 is 1.27 bits per heavy atom. The molecule has 2 aromatic carbocycles. The fourth-order valence-electron chi connectivity index (χ4n) is 2.20. The molecule has 2 N–H and O–H groups in total. The summed E-state index contributed by atoms with van der Waals surface area (Å²) in [6, 6.07) is 14.5. The van der Waals surface area contributed by atoms with Crippen LogP contribution in [0.25, 0.3) is 0 Å². The highest BCUT2D eigenvalue weighted by Crippen LogP contribution is 2.23. The lowest BCUT2D eigenvalue weighted by Crippen LogP contribution is -2.41. The Hall–Kier alpha value is -2.82. The van der Waals surface area contributed by atoms with Crippen molar-refractivity contribution in [2.45, 2.75) is 40.7 Å². The maximum Gasteiger partial charge on any atom is 0.239 e. The van der Waals surface area contributed by atoms with Gasteiger partial charge in [-0.25, -0.2) is 0 Å². The second kappa shape index (κ2) is 8.04. The number of hydrogen-bond donors (Lipinski definition) is 2. The van der Waals surface area contributed by atoms with Crippen LogP contribution in [0.3, 0.4) is 0 Å². The zero-order chi connectivity index (χ0) is 19.3. The van der Waals surface area contributed by atoms with Crippen molar-refractivity contribution in [2.24, 2.45) is 5.41 Å². The summed E-state index contributed by atoms with van der Waals surface area (Å²) in [6.45, 7) is 9.07. The van der Waals surface area contributed by atoms with Crippen LogP contribution in [0.4, 0.5) is 11.4 Å². The number of rotatable bonds is 6. The lowest BCUT2D eigenvalue weighted by atomic mass is 9.90. The third-order valence-electron chi connectivity index (χ3n) is 3.93. The summed E-state index contributed by atoms with van der Waals surface area (Å²) in [5.74, 6) is -0.00683. The van der Waals surface area contributed by atoms with Gasteiger partial charge in [0.15, 0.2) is 0 Å². The Morgan fingerprint density at radius 1 is 0.846 bits per heavy atom. The summed E-state index contributed by atoms with van der Waals surface area (Å²) in [5, 5.41) is 5.57. The minimum atomic E-state index is -1.22. The van der Waals surface area contributed by atoms with Crippen LogP contribution < -0.4 is 15.4 Å². The minimum absolute atomic E-state index is 0.0832. The number of amides is 2. The van der Waals surface area contributed by atoms with E-state index in [4.69, 9.17) is 4.74 Å². The summed E-state index contributed by atoms with van der Waals surface area (Å²) in [4.78, 5) is 25.1. The average molecular weight is 354 g/mol. The molecule has 0 spiro atoms. The molecule has 0 aliphatic rings. The number of carbonyl (C=O) groups excluding carboxylic acids is 2. The van der Waals surface area contributed by atoms with Crippen molar-refractivity contribution in [3.8, 4) is 5.75 Å². The molecule has 2 rings (SSSR count). The highest BCUT2D eigenvalue weighted by atomic mass is 16.5. The van der Waals surface area contributed by atoms with Gasteiger partial charge >= 0.3 is 0 Å². The summed E-state index contributed by atoms with van der Waals surface area (Å²) in [5.41, 5.74) is 1.15. The molecule has 0 saturated heterocycles. The van der Waals surface area contributed by atoms with Crippen LogP contribution in [0.15, 0.2) is 48.5 Å². The SMILES string of the molecule is Cc1ccc(NC(=O)C(C)(C)C(=O)Nc2ccc(OC(C)C)cc2)cc1. The van der Waals surface area contributed by atoms with Crippen LogP contribution in [0.1, 0.15) is 33.3 Å². The van der Waals surface area contributed by atoms with Gasteiger partial charge in [0.25, 0.3) is 0 Å². The summed E-state index contributed by atoms with van der Waals surface area (Å²) in [7, 11) is 0. The number of carbonyl (C=O) groups is 2. The van der Waals surface area contributed by atoms with Gasteiger partial charge in [0, 0.05) is 11.4 Å². The van der Waals surface area contributed by atoms with Crippen LogP contribution in [0.5, 0.6) is 5.75 Å². The van der Waals surface area contributed by atoms with Crippen LogP contribution >= 0.6 is 0 Å². The molecule has 0 aliphatic heterocycles. The maximum absolute atomic E-state index is 12.6. The van der Waals surface area contributed by atoms with E-state index in [-0.39, 0.29) is 17.9 Å². The molecular weight excluding hydrogens is 328 g/mol. The highest BCUT2D eigenvalue weighted by Gasteiger charge is 2.36. The molecule has 138 valence electrons. The Labute approximate surface area is 154 Å². The monoisotopic (exact) mass is 354 g/mol. The van der Waals surface area contributed by atoms with Gasteiger partial charge in [0.2, 0.25) is 11.8 Å². The van der Waals surface area contributed by atoms with E-state index < -0.39 is 5.41 Å². The fraction of sp³-hybridized carbons (Fsp3) is 0.333. The molecule has 5 heteroatoms. The molecule has 0 fully saturated rings. The molecule has 0 heterocycles. The van der Waals surface area contributed by atoms with Crippen LogP contribution in [-0.4, -0.2) is 17.9 Å². The number of benzene rings is 2. The summed E-state index contributed by atoms with van der Waals surface area (Å²) < 4.78 is 5.58. The van der Waals surface area contributed by atoms with Gasteiger partial charge in [0.05, 0.1) is 6.10 Å². The second-order valence-corrected chi connectivity index (χ2v) is 7.09. The van der Waals surface area contributed by atoms with E-state index in [2.05, 4.69) is 10.6 Å². The number of nitrogens with one attached hydrogen (secondary N) is 2. The van der Waals surface area contributed by atoms with E-state index in [0.717, 1.165) is 11.3 Å². The molecule has 0 radical (unpaired) electrons. The number of ether oxygens (including phenoxy) is 1. The first-order valence-corrected chi connectivity index (χ1v) is 8.65. The van der Waals surface area contributed by atoms with E-state index in [1.807, 2.05) is 45.0 Å². The summed E-state index contributed by atoms with van der Waals surface area (Å²) >= 11 is 0. The Balaban J connectivity index is 2.01. The number of aryl methyl sites for hydroxylation is 1. The third-order valence-corrected chi connectivity index (χ3v) is 3.93. The topological polar surface area (TPSA) is 67.4 Å². The molecule has 0 saturated carbocycles. The molecule has 0 aromatic heterocycles. The lowest BCUT2D eigenvalue weighted by molar-refractivity contribution is -0.135. The predicted octanol–water partition coefficient (Wildman–Crippen LogP) is 4.39. The minimum Gasteiger partial charge on any atom is -0.491 e. The van der Waals surface area contributed by atoms with Gasteiger partial charge in [-0.05, 0) is 71.0 Å². The molecule has 0 bridgehead atoms. The predicted molar refractivity (Wildman–Crippen MR) is 104 cm³/mol. The zero-order valence-electron chi connectivity index (χ0n) is 15.9. The summed E-state index contributed by atoms with van der Waals surface area (Å²) in [6.07, 6.45) is 0.0832. The van der Waals surface area contributed by atoms with E-state index in [9.17, 15) is 9.59 Å². The van der Waals surface area contributed by atoms with Crippen molar-refractivity contribution >= 4 is 23.2 Å². The van der Waals surface area contributed by atoms with Crippen LogP contribution in [0, 0.1) is 12.3 Å². The Bertz CT molecular complexity index is 763. The molecule has 0 atom stereocenters. The molecule has 0 aliphatic carbocycles. The molecule has 5 nitrogen and oxygen atoms in total. The first-order valence-electron chi connectivity index (χ1n) is 8.65. The number of anilines is 2. The van der Waals surface area contributed by atoms with Crippen molar-refractivity contribution in [1.82, 2.24) is 0 Å². The van der Waals surface area contributed by atoms with E-state index in [1.165, 1.54) is 0 Å². The van der Waals surface area contributed by atoms with Crippen LogP contribution in [-0.2, 0) is 9.59 Å². The Morgan fingerprint density at radius 3 is 1.69 bits per heavy atom. The van der Waals surface area contributed by atoms with Gasteiger partial charge in [-0.2, -0.15) is 0 Å². The third kappa shape index (κ3) is 5.09. The van der Waals surface area contributed by atoms with Crippen molar-refractivity contribution in [2.75, 3.05) is 10.6 Å². The van der Waals surface area contributed by atoms with E-state index in [0.29, 0.717) is 11.4 Å². The van der Waals surface area contributed by atoms with Crippen molar-refractivity contribution < 1.29 is 14.3 Å².